The molecule has 12 nitrogen and oxygen atoms in total. The van der Waals surface area contributed by atoms with Crippen molar-refractivity contribution in [1.29, 1.82) is 0 Å². The van der Waals surface area contributed by atoms with Gasteiger partial charge in [-0.1, -0.05) is 24.3 Å². The molecular weight excluding hydrogens is 532 g/mol. The maximum atomic E-state index is 12.1. The molecule has 4 N–H and O–H groups in total. The first-order valence-corrected chi connectivity index (χ1v) is 15.7. The monoisotopic (exact) mass is 552 g/mol. The fraction of sp³-hybridized carbons (Fsp3) is 0.222. The lowest BCUT2D eigenvalue weighted by atomic mass is 10.1. The summed E-state index contributed by atoms with van der Waals surface area (Å²) in [7, 11) is -17.1. The van der Waals surface area contributed by atoms with Crippen molar-refractivity contribution in [1.82, 2.24) is 0 Å². The summed E-state index contributed by atoms with van der Waals surface area (Å²) in [6.07, 6.45) is 4.05. The van der Waals surface area contributed by atoms with E-state index in [1.807, 2.05) is 0 Å². The van der Waals surface area contributed by atoms with Gasteiger partial charge in [0.25, 0.3) is 20.2 Å². The minimum Gasteiger partial charge on any atom is -0.284 e. The number of hydrogen-bond donors (Lipinski definition) is 4. The van der Waals surface area contributed by atoms with Gasteiger partial charge in [0.05, 0.1) is 11.5 Å². The topological polar surface area (TPSA) is 201 Å². The lowest BCUT2D eigenvalue weighted by Gasteiger charge is -2.11. The first-order chi connectivity index (χ1) is 15.5. The van der Waals surface area contributed by atoms with Crippen LogP contribution < -0.4 is 9.44 Å². The predicted molar refractivity (Wildman–Crippen MR) is 125 cm³/mol. The Labute approximate surface area is 197 Å². The van der Waals surface area contributed by atoms with Gasteiger partial charge in [-0.3, -0.25) is 18.5 Å². The second-order valence-electron chi connectivity index (χ2n) is 7.51. The van der Waals surface area contributed by atoms with Crippen LogP contribution in [0.25, 0.3) is 12.2 Å². The molecule has 0 atom stereocenters. The number of nitrogens with one attached hydrogen (secondary N) is 2. The van der Waals surface area contributed by atoms with Crippen LogP contribution in [0.4, 0.5) is 11.4 Å². The van der Waals surface area contributed by atoms with E-state index < -0.39 is 55.3 Å². The van der Waals surface area contributed by atoms with E-state index in [4.69, 9.17) is 0 Å². The largest absolute Gasteiger partial charge is 0.295 e. The number of anilines is 2. The van der Waals surface area contributed by atoms with Gasteiger partial charge in [-0.05, 0) is 48.2 Å². The molecule has 0 amide bonds. The first kappa shape index (κ1) is 26.1. The molecule has 1 saturated carbocycles. The number of benzene rings is 2. The van der Waals surface area contributed by atoms with E-state index in [1.165, 1.54) is 24.3 Å². The van der Waals surface area contributed by atoms with Crippen LogP contribution in [0.15, 0.2) is 46.2 Å². The summed E-state index contributed by atoms with van der Waals surface area (Å²) in [5, 5.41) is -0.569. The molecule has 1 aliphatic rings. The molecule has 0 radical (unpaired) electrons. The van der Waals surface area contributed by atoms with Crippen molar-refractivity contribution < 1.29 is 42.8 Å². The van der Waals surface area contributed by atoms with E-state index in [-0.39, 0.29) is 22.5 Å². The van der Waals surface area contributed by atoms with Crippen molar-refractivity contribution in [2.24, 2.45) is 0 Å². The zero-order chi connectivity index (χ0) is 25.5. The zero-order valence-electron chi connectivity index (χ0n) is 17.4. The molecule has 0 aromatic heterocycles. The fourth-order valence-electron chi connectivity index (χ4n) is 2.94. The highest BCUT2D eigenvalue weighted by atomic mass is 32.2. The highest BCUT2D eigenvalue weighted by Gasteiger charge is 2.35. The average molecular weight is 553 g/mol. The third-order valence-corrected chi connectivity index (χ3v) is 8.85. The van der Waals surface area contributed by atoms with E-state index >= 15 is 0 Å². The van der Waals surface area contributed by atoms with Crippen LogP contribution in [0.5, 0.6) is 0 Å². The Bertz CT molecular complexity index is 1590. The SMILES string of the molecule is CS(=O)(=O)Nc1ccc(C=Cc2ccc(NS(=O)(=O)C3CC3)cc2S(=O)(=O)O)c(S(=O)(=O)O)c1. The average Bonchev–Trinajstić information content (AvgIpc) is 3.50. The lowest BCUT2D eigenvalue weighted by Crippen LogP contribution is -2.17. The van der Waals surface area contributed by atoms with Crippen molar-refractivity contribution in [3.05, 3.63) is 47.5 Å². The zero-order valence-corrected chi connectivity index (χ0v) is 20.7. The summed E-state index contributed by atoms with van der Waals surface area (Å²) in [6, 6.07) is 6.62. The minimum absolute atomic E-state index is 0.0912. The van der Waals surface area contributed by atoms with Crippen LogP contribution in [-0.2, 0) is 40.3 Å². The molecule has 0 saturated heterocycles. The second kappa shape index (κ2) is 8.94. The summed E-state index contributed by atoms with van der Waals surface area (Å²) in [4.78, 5) is -1.32. The van der Waals surface area contributed by atoms with E-state index in [2.05, 4.69) is 9.44 Å². The Morgan fingerprint density at radius 2 is 1.15 bits per heavy atom. The van der Waals surface area contributed by atoms with Gasteiger partial charge in [0.15, 0.2) is 0 Å². The molecule has 2 aromatic rings. The van der Waals surface area contributed by atoms with Crippen LogP contribution in [-0.4, -0.2) is 54.3 Å². The smallest absolute Gasteiger partial charge is 0.284 e. The highest BCUT2D eigenvalue weighted by molar-refractivity contribution is 7.93. The molecule has 0 aliphatic heterocycles. The molecule has 186 valence electrons. The Kier molecular flexibility index (Phi) is 6.86. The summed E-state index contributed by atoms with van der Waals surface area (Å²) in [5.41, 5.74) is -0.470. The quantitative estimate of drug-likeness (QED) is 0.262. The summed E-state index contributed by atoms with van der Waals surface area (Å²) in [6.45, 7) is 0. The van der Waals surface area contributed by atoms with Gasteiger partial charge < -0.3 is 0 Å². The van der Waals surface area contributed by atoms with Crippen LogP contribution >= 0.6 is 0 Å². The van der Waals surface area contributed by atoms with Gasteiger partial charge in [-0.15, -0.1) is 0 Å². The minimum atomic E-state index is -4.82. The summed E-state index contributed by atoms with van der Waals surface area (Å²) < 4.78 is 118. The van der Waals surface area contributed by atoms with Crippen LogP contribution in [0.3, 0.4) is 0 Å². The maximum absolute atomic E-state index is 12.1. The third kappa shape index (κ3) is 6.77. The van der Waals surface area contributed by atoms with E-state index in [1.54, 1.807) is 0 Å². The van der Waals surface area contributed by atoms with Crippen molar-refractivity contribution in [2.45, 2.75) is 27.9 Å². The number of sulfonamides is 2. The van der Waals surface area contributed by atoms with E-state index in [0.29, 0.717) is 12.8 Å². The summed E-state index contributed by atoms with van der Waals surface area (Å²) in [5.74, 6) is 0. The number of hydrogen-bond acceptors (Lipinski definition) is 8. The molecule has 0 heterocycles. The van der Waals surface area contributed by atoms with Crippen molar-refractivity contribution in [3.63, 3.8) is 0 Å². The normalized spacial score (nSPS) is 15.4. The van der Waals surface area contributed by atoms with E-state index in [9.17, 15) is 42.8 Å². The molecule has 1 aliphatic carbocycles. The van der Waals surface area contributed by atoms with Gasteiger partial charge in [0.2, 0.25) is 20.0 Å². The van der Waals surface area contributed by atoms with Crippen molar-refractivity contribution in [3.8, 4) is 0 Å². The van der Waals surface area contributed by atoms with Crippen molar-refractivity contribution >= 4 is 63.8 Å². The molecular formula is C18H20N2O10S4. The van der Waals surface area contributed by atoms with Crippen LogP contribution in [0.1, 0.15) is 24.0 Å². The maximum Gasteiger partial charge on any atom is 0.295 e. The Morgan fingerprint density at radius 1 is 0.735 bits per heavy atom. The highest BCUT2D eigenvalue weighted by Crippen LogP contribution is 2.31. The Balaban J connectivity index is 2.03. The van der Waals surface area contributed by atoms with Gasteiger partial charge >= 0.3 is 0 Å². The van der Waals surface area contributed by atoms with Crippen LogP contribution in [0.2, 0.25) is 0 Å². The van der Waals surface area contributed by atoms with Gasteiger partial charge in [-0.2, -0.15) is 16.8 Å². The summed E-state index contributed by atoms with van der Waals surface area (Å²) >= 11 is 0. The Morgan fingerprint density at radius 3 is 1.50 bits per heavy atom. The second-order valence-corrected chi connectivity index (χ2v) is 14.0. The van der Waals surface area contributed by atoms with E-state index in [0.717, 1.165) is 30.5 Å². The molecule has 0 unspecified atom stereocenters. The molecule has 3 rings (SSSR count). The van der Waals surface area contributed by atoms with Gasteiger partial charge in [0.1, 0.15) is 9.79 Å². The molecule has 0 bridgehead atoms. The predicted octanol–water partition coefficient (Wildman–Crippen LogP) is 1.63. The standard InChI is InChI=1S/C18H20N2O10S4/c1-31(21,22)19-14-6-4-12(17(10-14)33(25,26)27)2-3-13-5-7-15(11-18(13)34(28,29)30)20-32(23,24)16-8-9-16/h2-7,10-11,16,19-20H,8-9H2,1H3,(H,25,26,27)(H,28,29,30). The molecule has 1 fully saturated rings. The Hall–Kier alpha value is -2.50. The van der Waals surface area contributed by atoms with Crippen molar-refractivity contribution in [2.75, 3.05) is 15.7 Å². The first-order valence-electron chi connectivity index (χ1n) is 9.36. The molecule has 34 heavy (non-hydrogen) atoms. The molecule has 16 heteroatoms. The van der Waals surface area contributed by atoms with Gasteiger partial charge in [-0.25, -0.2) is 16.8 Å². The third-order valence-electron chi connectivity index (χ3n) is 4.55. The lowest BCUT2D eigenvalue weighted by molar-refractivity contribution is 0.480. The number of rotatable bonds is 9. The molecule has 2 aromatic carbocycles. The van der Waals surface area contributed by atoms with Crippen LogP contribution in [0, 0.1) is 0 Å². The molecule has 0 spiro atoms. The van der Waals surface area contributed by atoms with Gasteiger partial charge in [0, 0.05) is 11.4 Å². The fourth-order valence-corrected chi connectivity index (χ4v) is 6.29.